The maximum absolute atomic E-state index is 12.9. The zero-order valence-electron chi connectivity index (χ0n) is 16.5. The number of imide groups is 2. The van der Waals surface area contributed by atoms with Crippen LogP contribution in [0.15, 0.2) is 18.2 Å². The summed E-state index contributed by atoms with van der Waals surface area (Å²) in [6.07, 6.45) is 0.0866. The van der Waals surface area contributed by atoms with E-state index in [-0.39, 0.29) is 55.3 Å². The van der Waals surface area contributed by atoms with Crippen molar-refractivity contribution in [3.8, 4) is 5.75 Å². The summed E-state index contributed by atoms with van der Waals surface area (Å²) in [4.78, 5) is 61.9. The number of carbonyl (C=O) groups is 5. The monoisotopic (exact) mass is 454 g/mol. The highest BCUT2D eigenvalue weighted by molar-refractivity contribution is 6.24. The molecule has 12 heteroatoms. The first-order chi connectivity index (χ1) is 14.4. The van der Waals surface area contributed by atoms with Gasteiger partial charge in [0.25, 0.3) is 17.7 Å². The second-order valence-electron chi connectivity index (χ2n) is 6.67. The van der Waals surface area contributed by atoms with E-state index in [4.69, 9.17) is 15.2 Å². The Kier molecular flexibility index (Phi) is 8.48. The summed E-state index contributed by atoms with van der Waals surface area (Å²) >= 11 is 0. The number of amides is 5. The molecule has 1 fully saturated rings. The Morgan fingerprint density at radius 1 is 1.19 bits per heavy atom. The van der Waals surface area contributed by atoms with Crippen LogP contribution in [-0.2, 0) is 19.1 Å². The van der Waals surface area contributed by atoms with E-state index in [1.54, 1.807) is 0 Å². The van der Waals surface area contributed by atoms with Crippen molar-refractivity contribution in [3.05, 3.63) is 29.3 Å². The molecule has 1 unspecified atom stereocenters. The van der Waals surface area contributed by atoms with Crippen LogP contribution in [0.2, 0.25) is 0 Å². The third-order valence-corrected chi connectivity index (χ3v) is 4.62. The smallest absolute Gasteiger partial charge is 0.266 e. The number of halogens is 1. The van der Waals surface area contributed by atoms with Crippen LogP contribution in [0.25, 0.3) is 0 Å². The van der Waals surface area contributed by atoms with Gasteiger partial charge < -0.3 is 20.5 Å². The van der Waals surface area contributed by atoms with Gasteiger partial charge >= 0.3 is 0 Å². The van der Waals surface area contributed by atoms with E-state index in [0.717, 1.165) is 4.90 Å². The molecule has 0 bridgehead atoms. The van der Waals surface area contributed by atoms with Crippen molar-refractivity contribution in [2.45, 2.75) is 18.9 Å². The number of piperidine rings is 1. The Bertz CT molecular complexity index is 892. The van der Waals surface area contributed by atoms with Crippen LogP contribution in [0.5, 0.6) is 5.75 Å². The maximum atomic E-state index is 12.9. The summed E-state index contributed by atoms with van der Waals surface area (Å²) in [6.45, 7) is 0.988. The van der Waals surface area contributed by atoms with Crippen molar-refractivity contribution in [1.29, 1.82) is 0 Å². The third-order valence-electron chi connectivity index (χ3n) is 4.62. The van der Waals surface area contributed by atoms with Gasteiger partial charge in [0, 0.05) is 19.5 Å². The van der Waals surface area contributed by atoms with Crippen molar-refractivity contribution in [3.63, 3.8) is 0 Å². The minimum atomic E-state index is -1.07. The Morgan fingerprint density at radius 2 is 1.97 bits per heavy atom. The molecule has 1 aromatic carbocycles. The second kappa shape index (κ2) is 10.8. The van der Waals surface area contributed by atoms with E-state index in [0.29, 0.717) is 19.8 Å². The zero-order valence-corrected chi connectivity index (χ0v) is 17.4. The van der Waals surface area contributed by atoms with E-state index in [1.807, 2.05) is 0 Å². The second-order valence-corrected chi connectivity index (χ2v) is 6.67. The molecule has 3 rings (SSSR count). The number of nitrogens with one attached hydrogen (secondary N) is 2. The Balaban J connectivity index is 0.00000341. The van der Waals surface area contributed by atoms with Crippen molar-refractivity contribution in [1.82, 2.24) is 15.5 Å². The van der Waals surface area contributed by atoms with E-state index >= 15 is 0 Å². The van der Waals surface area contributed by atoms with Crippen molar-refractivity contribution >= 4 is 41.9 Å². The van der Waals surface area contributed by atoms with Gasteiger partial charge in [0.15, 0.2) is 6.61 Å². The number of ether oxygens (including phenoxy) is 2. The lowest BCUT2D eigenvalue weighted by molar-refractivity contribution is -0.136. The quantitative estimate of drug-likeness (QED) is 0.316. The number of rotatable bonds is 9. The van der Waals surface area contributed by atoms with Gasteiger partial charge in [0.2, 0.25) is 11.8 Å². The fourth-order valence-corrected chi connectivity index (χ4v) is 3.25. The first-order valence-corrected chi connectivity index (χ1v) is 9.46. The molecule has 4 N–H and O–H groups in total. The van der Waals surface area contributed by atoms with Crippen molar-refractivity contribution in [2.75, 3.05) is 32.9 Å². The van der Waals surface area contributed by atoms with Crippen LogP contribution >= 0.6 is 12.4 Å². The third kappa shape index (κ3) is 5.37. The predicted octanol–water partition coefficient (Wildman–Crippen LogP) is -1.02. The summed E-state index contributed by atoms with van der Waals surface area (Å²) in [5.41, 5.74) is 5.37. The first-order valence-electron chi connectivity index (χ1n) is 9.46. The minimum Gasteiger partial charge on any atom is -0.483 e. The molecule has 1 aromatic rings. The molecule has 0 aromatic heterocycles. The van der Waals surface area contributed by atoms with Gasteiger partial charge in [-0.3, -0.25) is 34.2 Å². The standard InChI is InChI=1S/C19H22N4O7.ClH/c20-6-8-29-9-7-21-15(25)10-30-13-3-1-2-11-16(13)19(28)23(18(11)27)12-4-5-14(24)22-17(12)26;/h1-3,12H,4-10,20H2,(H,21,25)(H,22,24,26);1H. The molecule has 5 amide bonds. The van der Waals surface area contributed by atoms with Gasteiger partial charge in [-0.15, -0.1) is 12.4 Å². The number of fused-ring (bicyclic) bond motifs is 1. The Labute approximate surface area is 184 Å². The summed E-state index contributed by atoms with van der Waals surface area (Å²) in [7, 11) is 0. The number of hydrogen-bond acceptors (Lipinski definition) is 8. The molecule has 11 nitrogen and oxygen atoms in total. The molecule has 2 aliphatic heterocycles. The largest absolute Gasteiger partial charge is 0.483 e. The molecular weight excluding hydrogens is 432 g/mol. The van der Waals surface area contributed by atoms with Crippen LogP contribution in [0.1, 0.15) is 33.6 Å². The van der Waals surface area contributed by atoms with Gasteiger partial charge in [-0.2, -0.15) is 0 Å². The first kappa shape index (κ1) is 24.3. The fraction of sp³-hybridized carbons (Fsp3) is 0.421. The molecule has 0 saturated carbocycles. The van der Waals surface area contributed by atoms with E-state index < -0.39 is 35.6 Å². The van der Waals surface area contributed by atoms with Gasteiger partial charge in [0.1, 0.15) is 11.8 Å². The topological polar surface area (TPSA) is 157 Å². The molecule has 0 spiro atoms. The zero-order chi connectivity index (χ0) is 21.7. The normalized spacial score (nSPS) is 17.7. The SMILES string of the molecule is Cl.NCCOCCNC(=O)COc1cccc2c1C(=O)N(C1CCC(=O)NC1=O)C2=O. The average Bonchev–Trinajstić information content (AvgIpc) is 2.97. The predicted molar refractivity (Wildman–Crippen MR) is 109 cm³/mol. The van der Waals surface area contributed by atoms with Crippen LogP contribution in [-0.4, -0.2) is 73.4 Å². The summed E-state index contributed by atoms with van der Waals surface area (Å²) in [5, 5.41) is 4.73. The molecule has 2 aliphatic rings. The molecule has 1 saturated heterocycles. The summed E-state index contributed by atoms with van der Waals surface area (Å²) < 4.78 is 10.6. The van der Waals surface area contributed by atoms with Crippen LogP contribution in [0, 0.1) is 0 Å². The molecule has 1 atom stereocenters. The number of benzene rings is 1. The van der Waals surface area contributed by atoms with E-state index in [1.165, 1.54) is 18.2 Å². The number of nitrogens with two attached hydrogens (primary N) is 1. The van der Waals surface area contributed by atoms with Crippen LogP contribution < -0.4 is 21.1 Å². The van der Waals surface area contributed by atoms with Crippen molar-refractivity contribution in [2.24, 2.45) is 5.73 Å². The molecule has 0 aliphatic carbocycles. The average molecular weight is 455 g/mol. The van der Waals surface area contributed by atoms with Gasteiger partial charge in [-0.25, -0.2) is 0 Å². The van der Waals surface area contributed by atoms with Crippen molar-refractivity contribution < 1.29 is 33.4 Å². The molecule has 2 heterocycles. The lowest BCUT2D eigenvalue weighted by atomic mass is 10.0. The fourth-order valence-electron chi connectivity index (χ4n) is 3.25. The summed E-state index contributed by atoms with van der Waals surface area (Å²) in [5.74, 6) is -2.85. The number of nitrogens with zero attached hydrogens (tertiary/aromatic N) is 1. The van der Waals surface area contributed by atoms with Gasteiger partial charge in [-0.1, -0.05) is 6.07 Å². The highest BCUT2D eigenvalue weighted by Crippen LogP contribution is 2.33. The van der Waals surface area contributed by atoms with E-state index in [9.17, 15) is 24.0 Å². The maximum Gasteiger partial charge on any atom is 0.266 e. The molecule has 0 radical (unpaired) electrons. The van der Waals surface area contributed by atoms with Gasteiger partial charge in [-0.05, 0) is 18.6 Å². The van der Waals surface area contributed by atoms with Crippen LogP contribution in [0.3, 0.4) is 0 Å². The number of carbonyl (C=O) groups excluding carboxylic acids is 5. The molecule has 31 heavy (non-hydrogen) atoms. The number of hydrogen-bond donors (Lipinski definition) is 3. The Hall–Kier alpha value is -3.02. The lowest BCUT2D eigenvalue weighted by Gasteiger charge is -2.27. The molecule has 168 valence electrons. The van der Waals surface area contributed by atoms with E-state index in [2.05, 4.69) is 10.6 Å². The summed E-state index contributed by atoms with van der Waals surface area (Å²) in [6, 6.07) is 3.37. The molecular formula is C19H23ClN4O7. The minimum absolute atomic E-state index is 0. The lowest BCUT2D eigenvalue weighted by Crippen LogP contribution is -2.54. The van der Waals surface area contributed by atoms with Gasteiger partial charge in [0.05, 0.1) is 24.3 Å². The highest BCUT2D eigenvalue weighted by Gasteiger charge is 2.46. The highest BCUT2D eigenvalue weighted by atomic mass is 35.5. The Morgan fingerprint density at radius 3 is 2.68 bits per heavy atom. The van der Waals surface area contributed by atoms with Crippen LogP contribution in [0.4, 0.5) is 0 Å².